The molecule has 0 saturated heterocycles. The van der Waals surface area contributed by atoms with Gasteiger partial charge in [0.25, 0.3) is 11.8 Å². The number of phenolic OH excluding ortho intramolecular Hbond substituents is 2. The molecule has 3 aromatic rings. The smallest absolute Gasteiger partial charge is 0.338 e. The number of hydrogen-bond donors (Lipinski definition) is 2. The Morgan fingerprint density at radius 3 is 2.25 bits per heavy atom. The van der Waals surface area contributed by atoms with Gasteiger partial charge in [-0.1, -0.05) is 24.3 Å². The van der Waals surface area contributed by atoms with Crippen LogP contribution in [0.15, 0.2) is 66.7 Å². The monoisotopic (exact) mass is 429 g/mol. The van der Waals surface area contributed by atoms with Gasteiger partial charge in [-0.15, -0.1) is 0 Å². The van der Waals surface area contributed by atoms with Gasteiger partial charge in [-0.3, -0.25) is 9.59 Å². The maximum atomic E-state index is 13.4. The molecule has 2 amide bonds. The minimum absolute atomic E-state index is 0.238. The van der Waals surface area contributed by atoms with Crippen molar-refractivity contribution >= 4 is 35.1 Å². The maximum Gasteiger partial charge on any atom is 0.338 e. The molecule has 1 aliphatic rings. The molecule has 0 aromatic heterocycles. The third-order valence-electron chi connectivity index (χ3n) is 5.03. The van der Waals surface area contributed by atoms with Crippen LogP contribution in [0, 0.1) is 0 Å². The molecule has 1 heterocycles. The molecule has 160 valence electrons. The second-order valence-corrected chi connectivity index (χ2v) is 7.06. The standard InChI is InChI=1S/C25H19NO6/c1-2-32-25(31)16-8-10-17(11-9-16)26-23(29)19-6-4-3-5-18(19)20(24(26)30)13-15-7-12-21(27)22(28)14-15/h3-14,27-28H,2H2,1H3/b20-13-. The number of phenols is 2. The van der Waals surface area contributed by atoms with Gasteiger partial charge in [0.2, 0.25) is 0 Å². The number of fused-ring (bicyclic) bond motifs is 1. The zero-order valence-corrected chi connectivity index (χ0v) is 17.1. The Labute approximate surface area is 183 Å². The van der Waals surface area contributed by atoms with E-state index < -0.39 is 17.8 Å². The summed E-state index contributed by atoms with van der Waals surface area (Å²) in [5.74, 6) is -2.13. The fourth-order valence-corrected chi connectivity index (χ4v) is 3.48. The van der Waals surface area contributed by atoms with Crippen molar-refractivity contribution < 1.29 is 29.3 Å². The summed E-state index contributed by atoms with van der Waals surface area (Å²) >= 11 is 0. The second-order valence-electron chi connectivity index (χ2n) is 7.06. The van der Waals surface area contributed by atoms with E-state index >= 15 is 0 Å². The number of hydrogen-bond acceptors (Lipinski definition) is 6. The summed E-state index contributed by atoms with van der Waals surface area (Å²) in [7, 11) is 0. The van der Waals surface area contributed by atoms with Gasteiger partial charge in [-0.25, -0.2) is 9.69 Å². The number of carbonyl (C=O) groups is 3. The number of benzene rings is 3. The first-order chi connectivity index (χ1) is 15.4. The van der Waals surface area contributed by atoms with Crippen molar-refractivity contribution in [3.63, 3.8) is 0 Å². The first-order valence-corrected chi connectivity index (χ1v) is 9.89. The number of anilines is 1. The molecule has 0 bridgehead atoms. The first kappa shape index (κ1) is 20.9. The molecule has 0 spiro atoms. The van der Waals surface area contributed by atoms with Gasteiger partial charge in [0, 0.05) is 11.1 Å². The molecule has 1 aliphatic heterocycles. The molecule has 7 heteroatoms. The van der Waals surface area contributed by atoms with Crippen LogP contribution in [0.4, 0.5) is 5.69 Å². The lowest BCUT2D eigenvalue weighted by molar-refractivity contribution is -0.112. The molecule has 0 saturated carbocycles. The van der Waals surface area contributed by atoms with E-state index in [1.807, 2.05) is 0 Å². The molecule has 0 radical (unpaired) electrons. The molecule has 0 aliphatic carbocycles. The molecule has 7 nitrogen and oxygen atoms in total. The summed E-state index contributed by atoms with van der Waals surface area (Å²) in [6.07, 6.45) is 1.55. The topological polar surface area (TPSA) is 104 Å². The number of esters is 1. The molecular weight excluding hydrogens is 410 g/mol. The van der Waals surface area contributed by atoms with Gasteiger partial charge in [-0.2, -0.15) is 0 Å². The quantitative estimate of drug-likeness (QED) is 0.281. The SMILES string of the molecule is CCOC(=O)c1ccc(N2C(=O)/C(=C\c3ccc(O)c(O)c3)c3ccccc3C2=O)cc1. The predicted molar refractivity (Wildman–Crippen MR) is 118 cm³/mol. The Morgan fingerprint density at radius 2 is 1.59 bits per heavy atom. The Hall–Kier alpha value is -4.39. The van der Waals surface area contributed by atoms with Crippen molar-refractivity contribution in [3.8, 4) is 11.5 Å². The molecule has 0 fully saturated rings. The largest absolute Gasteiger partial charge is 0.504 e. The maximum absolute atomic E-state index is 13.4. The normalized spacial score (nSPS) is 14.4. The van der Waals surface area contributed by atoms with Crippen molar-refractivity contribution in [2.75, 3.05) is 11.5 Å². The summed E-state index contributed by atoms with van der Waals surface area (Å²) in [4.78, 5) is 39.5. The van der Waals surface area contributed by atoms with Gasteiger partial charge < -0.3 is 14.9 Å². The van der Waals surface area contributed by atoms with Crippen LogP contribution in [0.3, 0.4) is 0 Å². The number of aromatic hydroxyl groups is 2. The van der Waals surface area contributed by atoms with Crippen LogP contribution in [-0.2, 0) is 9.53 Å². The number of rotatable bonds is 4. The molecule has 0 unspecified atom stereocenters. The predicted octanol–water partition coefficient (Wildman–Crippen LogP) is 4.00. The summed E-state index contributed by atoms with van der Waals surface area (Å²) in [6.45, 7) is 1.94. The van der Waals surface area contributed by atoms with Gasteiger partial charge in [0.15, 0.2) is 11.5 Å². The highest BCUT2D eigenvalue weighted by molar-refractivity contribution is 6.43. The summed E-state index contributed by atoms with van der Waals surface area (Å²) in [6, 6.07) is 17.0. The fourth-order valence-electron chi connectivity index (χ4n) is 3.48. The molecule has 2 N–H and O–H groups in total. The van der Waals surface area contributed by atoms with E-state index in [0.29, 0.717) is 27.9 Å². The van der Waals surface area contributed by atoms with Crippen molar-refractivity contribution in [1.82, 2.24) is 0 Å². The van der Waals surface area contributed by atoms with Crippen LogP contribution in [0.2, 0.25) is 0 Å². The van der Waals surface area contributed by atoms with Crippen LogP contribution >= 0.6 is 0 Å². The zero-order valence-electron chi connectivity index (χ0n) is 17.1. The summed E-state index contributed by atoms with van der Waals surface area (Å²) < 4.78 is 4.97. The van der Waals surface area contributed by atoms with E-state index in [1.54, 1.807) is 43.3 Å². The molecule has 4 rings (SSSR count). The summed E-state index contributed by atoms with van der Waals surface area (Å²) in [5.41, 5.74) is 2.15. The van der Waals surface area contributed by atoms with Gasteiger partial charge in [0.05, 0.1) is 17.9 Å². The second kappa shape index (κ2) is 8.39. The summed E-state index contributed by atoms with van der Waals surface area (Å²) in [5, 5.41) is 19.4. The third kappa shape index (κ3) is 3.72. The minimum atomic E-state index is -0.551. The third-order valence-corrected chi connectivity index (χ3v) is 5.03. The van der Waals surface area contributed by atoms with Crippen LogP contribution in [0.25, 0.3) is 11.6 Å². The molecular formula is C25H19NO6. The minimum Gasteiger partial charge on any atom is -0.504 e. The number of carbonyl (C=O) groups excluding carboxylic acids is 3. The number of nitrogens with zero attached hydrogens (tertiary/aromatic N) is 1. The Morgan fingerprint density at radius 1 is 0.906 bits per heavy atom. The van der Waals surface area contributed by atoms with Crippen LogP contribution in [-0.4, -0.2) is 34.6 Å². The Bertz CT molecular complexity index is 1260. The van der Waals surface area contributed by atoms with Crippen molar-refractivity contribution in [2.24, 2.45) is 0 Å². The van der Waals surface area contributed by atoms with Crippen LogP contribution < -0.4 is 4.90 Å². The highest BCUT2D eigenvalue weighted by atomic mass is 16.5. The zero-order chi connectivity index (χ0) is 22.8. The van der Waals surface area contributed by atoms with Gasteiger partial charge >= 0.3 is 5.97 Å². The van der Waals surface area contributed by atoms with E-state index in [2.05, 4.69) is 0 Å². The van der Waals surface area contributed by atoms with Crippen molar-refractivity contribution in [3.05, 3.63) is 89.0 Å². The highest BCUT2D eigenvalue weighted by Crippen LogP contribution is 2.34. The lowest BCUT2D eigenvalue weighted by Crippen LogP contribution is -2.41. The first-order valence-electron chi connectivity index (χ1n) is 9.89. The Balaban J connectivity index is 1.79. The van der Waals surface area contributed by atoms with E-state index in [9.17, 15) is 24.6 Å². The average molecular weight is 429 g/mol. The molecule has 32 heavy (non-hydrogen) atoms. The Kier molecular flexibility index (Phi) is 5.47. The van der Waals surface area contributed by atoms with Crippen molar-refractivity contribution in [1.29, 1.82) is 0 Å². The number of ether oxygens (including phenoxy) is 1. The average Bonchev–Trinajstić information content (AvgIpc) is 2.80. The van der Waals surface area contributed by atoms with E-state index in [0.717, 1.165) is 4.90 Å². The molecule has 0 atom stereocenters. The number of amides is 2. The lowest BCUT2D eigenvalue weighted by Gasteiger charge is -2.28. The van der Waals surface area contributed by atoms with Crippen molar-refractivity contribution in [2.45, 2.75) is 6.92 Å². The lowest BCUT2D eigenvalue weighted by atomic mass is 9.91. The van der Waals surface area contributed by atoms with E-state index in [1.165, 1.54) is 36.4 Å². The van der Waals surface area contributed by atoms with Crippen LogP contribution in [0.5, 0.6) is 11.5 Å². The van der Waals surface area contributed by atoms with Gasteiger partial charge in [0.1, 0.15) is 0 Å². The van der Waals surface area contributed by atoms with Gasteiger partial charge in [-0.05, 0) is 66.6 Å². The van der Waals surface area contributed by atoms with E-state index in [4.69, 9.17) is 4.74 Å². The van der Waals surface area contributed by atoms with Crippen LogP contribution in [0.1, 0.15) is 38.8 Å². The molecule has 3 aromatic carbocycles. The number of imide groups is 1. The highest BCUT2D eigenvalue weighted by Gasteiger charge is 2.35. The van der Waals surface area contributed by atoms with E-state index in [-0.39, 0.29) is 23.7 Å². The fraction of sp³-hybridized carbons (Fsp3) is 0.0800.